The van der Waals surface area contributed by atoms with Crippen LogP contribution in [0.25, 0.3) is 0 Å². The second-order valence-electron chi connectivity index (χ2n) is 5.98. The van der Waals surface area contributed by atoms with Gasteiger partial charge in [0.25, 0.3) is 0 Å². The third-order valence-electron chi connectivity index (χ3n) is 4.11. The van der Waals surface area contributed by atoms with Gasteiger partial charge in [0.2, 0.25) is 5.91 Å². The summed E-state index contributed by atoms with van der Waals surface area (Å²) < 4.78 is 11.0. The zero-order chi connectivity index (χ0) is 18.3. The topological polar surface area (TPSA) is 47.6 Å². The predicted octanol–water partition coefficient (Wildman–Crippen LogP) is 3.96. The standard InChI is InChI=1S/C20H24ClNO3/c1-4-25-18-10-8-15(9-11-18)12-19(23)22-14-20(2,24-3)16-6-5-7-17(21)13-16/h5-11,13H,4,12,14H2,1-3H3,(H,22,23)/t20-/m0/s1. The van der Waals surface area contributed by atoms with Gasteiger partial charge in [-0.05, 0) is 49.2 Å². The molecule has 2 aromatic rings. The van der Waals surface area contributed by atoms with E-state index in [1.807, 2.05) is 62.4 Å². The highest BCUT2D eigenvalue weighted by Crippen LogP contribution is 2.26. The number of nitrogens with one attached hydrogen (secondary N) is 1. The Morgan fingerprint density at radius 1 is 1.20 bits per heavy atom. The Morgan fingerprint density at radius 2 is 1.92 bits per heavy atom. The summed E-state index contributed by atoms with van der Waals surface area (Å²) >= 11 is 6.06. The minimum atomic E-state index is -0.640. The predicted molar refractivity (Wildman–Crippen MR) is 100 cm³/mol. The minimum Gasteiger partial charge on any atom is -0.494 e. The van der Waals surface area contributed by atoms with E-state index in [4.69, 9.17) is 21.1 Å². The highest BCUT2D eigenvalue weighted by molar-refractivity contribution is 6.30. The van der Waals surface area contributed by atoms with Gasteiger partial charge in [-0.3, -0.25) is 4.79 Å². The van der Waals surface area contributed by atoms with Crippen LogP contribution in [0.3, 0.4) is 0 Å². The fourth-order valence-corrected chi connectivity index (χ4v) is 2.69. The van der Waals surface area contributed by atoms with Gasteiger partial charge >= 0.3 is 0 Å². The number of methoxy groups -OCH3 is 1. The molecule has 0 fully saturated rings. The molecule has 1 amide bonds. The van der Waals surface area contributed by atoms with Crippen LogP contribution in [0.5, 0.6) is 5.75 Å². The van der Waals surface area contributed by atoms with Crippen molar-refractivity contribution in [3.05, 3.63) is 64.7 Å². The quantitative estimate of drug-likeness (QED) is 0.774. The molecule has 2 rings (SSSR count). The molecule has 0 aliphatic heterocycles. The number of carbonyl (C=O) groups is 1. The Labute approximate surface area is 154 Å². The van der Waals surface area contributed by atoms with Gasteiger partial charge in [-0.15, -0.1) is 0 Å². The first-order chi connectivity index (χ1) is 12.0. The average molecular weight is 362 g/mol. The summed E-state index contributed by atoms with van der Waals surface area (Å²) in [4.78, 5) is 12.3. The van der Waals surface area contributed by atoms with Crippen LogP contribution >= 0.6 is 11.6 Å². The summed E-state index contributed by atoms with van der Waals surface area (Å²) in [7, 11) is 1.62. The number of benzene rings is 2. The lowest BCUT2D eigenvalue weighted by atomic mass is 9.95. The Bertz CT molecular complexity index is 702. The molecule has 0 saturated carbocycles. The summed E-state index contributed by atoms with van der Waals surface area (Å²) in [5, 5.41) is 3.58. The fourth-order valence-electron chi connectivity index (χ4n) is 2.49. The van der Waals surface area contributed by atoms with E-state index in [9.17, 15) is 4.79 Å². The molecule has 25 heavy (non-hydrogen) atoms. The largest absolute Gasteiger partial charge is 0.494 e. The first-order valence-electron chi connectivity index (χ1n) is 8.26. The number of amides is 1. The van der Waals surface area contributed by atoms with Gasteiger partial charge in [-0.25, -0.2) is 0 Å². The van der Waals surface area contributed by atoms with Gasteiger partial charge in [0.05, 0.1) is 19.6 Å². The Morgan fingerprint density at radius 3 is 2.52 bits per heavy atom. The van der Waals surface area contributed by atoms with Crippen molar-refractivity contribution in [2.75, 3.05) is 20.3 Å². The van der Waals surface area contributed by atoms with Crippen LogP contribution in [0.4, 0.5) is 0 Å². The third-order valence-corrected chi connectivity index (χ3v) is 4.34. The van der Waals surface area contributed by atoms with Crippen molar-refractivity contribution in [1.82, 2.24) is 5.32 Å². The molecule has 0 aromatic heterocycles. The van der Waals surface area contributed by atoms with Crippen molar-refractivity contribution >= 4 is 17.5 Å². The Kier molecular flexibility index (Phi) is 6.85. The zero-order valence-corrected chi connectivity index (χ0v) is 15.6. The maximum absolute atomic E-state index is 12.3. The second kappa shape index (κ2) is 8.88. The highest BCUT2D eigenvalue weighted by Gasteiger charge is 2.27. The van der Waals surface area contributed by atoms with Crippen LogP contribution in [-0.2, 0) is 21.6 Å². The molecule has 5 heteroatoms. The van der Waals surface area contributed by atoms with Crippen molar-refractivity contribution in [3.63, 3.8) is 0 Å². The lowest BCUT2D eigenvalue weighted by Gasteiger charge is -2.29. The van der Waals surface area contributed by atoms with E-state index < -0.39 is 5.60 Å². The van der Waals surface area contributed by atoms with Gasteiger partial charge in [0, 0.05) is 12.1 Å². The molecule has 134 valence electrons. The summed E-state index contributed by atoms with van der Waals surface area (Å²) in [6.45, 7) is 4.85. The van der Waals surface area contributed by atoms with E-state index in [-0.39, 0.29) is 5.91 Å². The molecular weight excluding hydrogens is 338 g/mol. The normalized spacial score (nSPS) is 13.1. The van der Waals surface area contributed by atoms with Crippen molar-refractivity contribution < 1.29 is 14.3 Å². The smallest absolute Gasteiger partial charge is 0.224 e. The average Bonchev–Trinajstić information content (AvgIpc) is 2.61. The maximum atomic E-state index is 12.3. The van der Waals surface area contributed by atoms with Crippen LogP contribution in [0.1, 0.15) is 25.0 Å². The number of hydrogen-bond acceptors (Lipinski definition) is 3. The molecule has 1 atom stereocenters. The first kappa shape index (κ1) is 19.3. The van der Waals surface area contributed by atoms with Crippen molar-refractivity contribution in [3.8, 4) is 5.75 Å². The number of carbonyl (C=O) groups excluding carboxylic acids is 1. The minimum absolute atomic E-state index is 0.0607. The number of rotatable bonds is 8. The van der Waals surface area contributed by atoms with E-state index in [1.54, 1.807) is 7.11 Å². The highest BCUT2D eigenvalue weighted by atomic mass is 35.5. The first-order valence-corrected chi connectivity index (χ1v) is 8.64. The SMILES string of the molecule is CCOc1ccc(CC(=O)NC[C@](C)(OC)c2cccc(Cl)c2)cc1. The molecule has 2 aromatic carbocycles. The molecule has 4 nitrogen and oxygen atoms in total. The van der Waals surface area contributed by atoms with Gasteiger partial charge in [0.15, 0.2) is 0 Å². The molecule has 0 saturated heterocycles. The number of ether oxygens (including phenoxy) is 2. The van der Waals surface area contributed by atoms with E-state index in [0.717, 1.165) is 16.9 Å². The summed E-state index contributed by atoms with van der Waals surface area (Å²) in [6.07, 6.45) is 0.307. The van der Waals surface area contributed by atoms with Gasteiger partial charge in [-0.1, -0.05) is 35.9 Å². The zero-order valence-electron chi connectivity index (χ0n) is 14.8. The molecular formula is C20H24ClNO3. The molecule has 0 aliphatic rings. The second-order valence-corrected chi connectivity index (χ2v) is 6.41. The summed E-state index contributed by atoms with van der Waals surface area (Å²) in [6, 6.07) is 15.0. The fraction of sp³-hybridized carbons (Fsp3) is 0.350. The lowest BCUT2D eigenvalue weighted by Crippen LogP contribution is -2.40. The molecule has 0 spiro atoms. The van der Waals surface area contributed by atoms with Crippen LogP contribution in [-0.4, -0.2) is 26.2 Å². The molecule has 0 heterocycles. The van der Waals surface area contributed by atoms with E-state index in [2.05, 4.69) is 5.32 Å². The Hall–Kier alpha value is -2.04. The van der Waals surface area contributed by atoms with E-state index >= 15 is 0 Å². The third kappa shape index (κ3) is 5.48. The Balaban J connectivity index is 1.95. The van der Waals surface area contributed by atoms with Crippen LogP contribution in [0.2, 0.25) is 5.02 Å². The molecule has 0 bridgehead atoms. The van der Waals surface area contributed by atoms with Crippen molar-refractivity contribution in [2.45, 2.75) is 25.9 Å². The maximum Gasteiger partial charge on any atom is 0.224 e. The van der Waals surface area contributed by atoms with E-state index in [1.165, 1.54) is 0 Å². The van der Waals surface area contributed by atoms with Crippen molar-refractivity contribution in [1.29, 1.82) is 0 Å². The monoisotopic (exact) mass is 361 g/mol. The lowest BCUT2D eigenvalue weighted by molar-refractivity contribution is -0.122. The van der Waals surface area contributed by atoms with Crippen LogP contribution < -0.4 is 10.1 Å². The van der Waals surface area contributed by atoms with Crippen molar-refractivity contribution in [2.24, 2.45) is 0 Å². The van der Waals surface area contributed by atoms with Gasteiger partial charge in [-0.2, -0.15) is 0 Å². The molecule has 0 unspecified atom stereocenters. The summed E-state index contributed by atoms with van der Waals surface area (Å²) in [5.74, 6) is 0.744. The molecule has 0 aliphatic carbocycles. The van der Waals surface area contributed by atoms with E-state index in [0.29, 0.717) is 24.6 Å². The van der Waals surface area contributed by atoms with Crippen LogP contribution in [0, 0.1) is 0 Å². The van der Waals surface area contributed by atoms with Crippen LogP contribution in [0.15, 0.2) is 48.5 Å². The summed E-state index contributed by atoms with van der Waals surface area (Å²) in [5.41, 5.74) is 1.21. The molecule has 1 N–H and O–H groups in total. The number of hydrogen-bond donors (Lipinski definition) is 1. The molecule has 0 radical (unpaired) electrons. The van der Waals surface area contributed by atoms with Gasteiger partial charge in [0.1, 0.15) is 11.4 Å². The number of halogens is 1. The van der Waals surface area contributed by atoms with Gasteiger partial charge < -0.3 is 14.8 Å².